The number of hydrogen-bond donors (Lipinski definition) is 3. The van der Waals surface area contributed by atoms with Crippen LogP contribution in [0.5, 0.6) is 5.75 Å². The lowest BCUT2D eigenvalue weighted by molar-refractivity contribution is 0.0942. The van der Waals surface area contributed by atoms with Gasteiger partial charge in [-0.15, -0.1) is 0 Å². The van der Waals surface area contributed by atoms with Crippen molar-refractivity contribution in [2.75, 3.05) is 20.3 Å². The van der Waals surface area contributed by atoms with E-state index in [2.05, 4.69) is 21.2 Å². The lowest BCUT2D eigenvalue weighted by Gasteiger charge is -2.10. The van der Waals surface area contributed by atoms with Crippen LogP contribution in [0.4, 0.5) is 0 Å². The number of hydrogen-bond acceptors (Lipinski definition) is 4. The Hall–Kier alpha value is -0.620. The molecule has 1 atom stereocenters. The predicted molar refractivity (Wildman–Crippen MR) is 65.5 cm³/mol. The molecule has 0 radical (unpaired) electrons. The smallest absolute Gasteiger partial charge is 0.133 e. The van der Waals surface area contributed by atoms with Crippen molar-refractivity contribution in [1.29, 1.82) is 0 Å². The maximum atomic E-state index is 9.13. The third kappa shape index (κ3) is 4.09. The molecule has 0 aromatic heterocycles. The Morgan fingerprint density at radius 1 is 1.50 bits per heavy atom. The zero-order valence-electron chi connectivity index (χ0n) is 9.11. The Morgan fingerprint density at radius 3 is 2.81 bits per heavy atom. The summed E-state index contributed by atoms with van der Waals surface area (Å²) >= 11 is 3.40. The minimum absolute atomic E-state index is 0.223. The molecule has 1 aromatic carbocycles. The van der Waals surface area contributed by atoms with Gasteiger partial charge in [0, 0.05) is 13.1 Å². The Bertz CT molecular complexity index is 333. The third-order valence-corrected chi connectivity index (χ3v) is 2.76. The van der Waals surface area contributed by atoms with Crippen molar-refractivity contribution in [2.45, 2.75) is 12.6 Å². The van der Waals surface area contributed by atoms with E-state index < -0.39 is 6.10 Å². The second-order valence-corrected chi connectivity index (χ2v) is 4.29. The Balaban J connectivity index is 2.46. The van der Waals surface area contributed by atoms with Crippen LogP contribution in [0.2, 0.25) is 0 Å². The molecule has 1 rings (SSSR count). The molecule has 5 heteroatoms. The van der Waals surface area contributed by atoms with Gasteiger partial charge >= 0.3 is 0 Å². The number of rotatable bonds is 6. The first-order chi connectivity index (χ1) is 7.67. The molecule has 16 heavy (non-hydrogen) atoms. The molecule has 0 aliphatic carbocycles. The topological polar surface area (TPSA) is 61.7 Å². The van der Waals surface area contributed by atoms with E-state index in [4.69, 9.17) is 14.9 Å². The number of methoxy groups -OCH3 is 1. The number of nitrogens with one attached hydrogen (secondary N) is 1. The predicted octanol–water partition coefficient (Wildman–Crippen LogP) is 0.901. The summed E-state index contributed by atoms with van der Waals surface area (Å²) in [5, 5.41) is 20.8. The zero-order valence-corrected chi connectivity index (χ0v) is 10.7. The van der Waals surface area contributed by atoms with E-state index in [0.29, 0.717) is 13.1 Å². The molecular formula is C11H16BrNO3. The van der Waals surface area contributed by atoms with E-state index >= 15 is 0 Å². The van der Waals surface area contributed by atoms with Gasteiger partial charge in [0.1, 0.15) is 5.75 Å². The van der Waals surface area contributed by atoms with Crippen molar-refractivity contribution in [1.82, 2.24) is 5.32 Å². The Kier molecular flexibility index (Phi) is 5.76. The van der Waals surface area contributed by atoms with Crippen LogP contribution in [0.1, 0.15) is 5.56 Å². The summed E-state index contributed by atoms with van der Waals surface area (Å²) in [7, 11) is 1.62. The normalized spacial score (nSPS) is 12.5. The van der Waals surface area contributed by atoms with Gasteiger partial charge in [-0.05, 0) is 33.6 Å². The van der Waals surface area contributed by atoms with Crippen LogP contribution in [0.25, 0.3) is 0 Å². The molecule has 0 bridgehead atoms. The number of benzene rings is 1. The van der Waals surface area contributed by atoms with E-state index in [1.54, 1.807) is 7.11 Å². The SMILES string of the molecule is COc1ccc(CNC[C@@H](O)CO)cc1Br. The van der Waals surface area contributed by atoms with Crippen LogP contribution in [0, 0.1) is 0 Å². The molecule has 0 fully saturated rings. The Labute approximate surface area is 103 Å². The average Bonchev–Trinajstić information content (AvgIpc) is 2.29. The average molecular weight is 290 g/mol. The molecule has 0 spiro atoms. The van der Waals surface area contributed by atoms with Crippen molar-refractivity contribution in [3.63, 3.8) is 0 Å². The Morgan fingerprint density at radius 2 is 2.25 bits per heavy atom. The fraction of sp³-hybridized carbons (Fsp3) is 0.455. The molecule has 0 saturated heterocycles. The molecule has 3 N–H and O–H groups in total. The molecule has 4 nitrogen and oxygen atoms in total. The monoisotopic (exact) mass is 289 g/mol. The maximum absolute atomic E-state index is 9.13. The van der Waals surface area contributed by atoms with E-state index in [1.807, 2.05) is 18.2 Å². The zero-order chi connectivity index (χ0) is 12.0. The van der Waals surface area contributed by atoms with Gasteiger partial charge in [-0.2, -0.15) is 0 Å². The summed E-state index contributed by atoms with van der Waals surface area (Å²) in [5.41, 5.74) is 1.08. The molecule has 0 saturated carbocycles. The summed E-state index contributed by atoms with van der Waals surface area (Å²) < 4.78 is 6.02. The molecule has 1 aromatic rings. The van der Waals surface area contributed by atoms with Crippen LogP contribution < -0.4 is 10.1 Å². The first-order valence-electron chi connectivity index (χ1n) is 4.99. The van der Waals surface area contributed by atoms with Crippen molar-refractivity contribution < 1.29 is 14.9 Å². The first kappa shape index (κ1) is 13.4. The fourth-order valence-electron chi connectivity index (χ4n) is 1.27. The van der Waals surface area contributed by atoms with Gasteiger partial charge in [0.05, 0.1) is 24.3 Å². The van der Waals surface area contributed by atoms with Gasteiger partial charge in [-0.3, -0.25) is 0 Å². The van der Waals surface area contributed by atoms with E-state index in [-0.39, 0.29) is 6.61 Å². The summed E-state index contributed by atoms with van der Waals surface area (Å²) in [5.74, 6) is 0.791. The summed E-state index contributed by atoms with van der Waals surface area (Å²) in [6.45, 7) is 0.791. The molecule has 90 valence electrons. The van der Waals surface area contributed by atoms with Crippen LogP contribution in [-0.4, -0.2) is 36.6 Å². The molecule has 0 amide bonds. The van der Waals surface area contributed by atoms with Crippen molar-refractivity contribution in [3.8, 4) is 5.75 Å². The number of ether oxygens (including phenoxy) is 1. The fourth-order valence-corrected chi connectivity index (χ4v) is 1.86. The standard InChI is InChI=1S/C11H16BrNO3/c1-16-11-3-2-8(4-10(11)12)5-13-6-9(15)7-14/h2-4,9,13-15H,5-7H2,1H3/t9-/m1/s1. The van der Waals surface area contributed by atoms with E-state index in [1.165, 1.54) is 0 Å². The van der Waals surface area contributed by atoms with Gasteiger partial charge in [-0.1, -0.05) is 6.07 Å². The van der Waals surface area contributed by atoms with Crippen LogP contribution in [-0.2, 0) is 6.54 Å². The van der Waals surface area contributed by atoms with Gasteiger partial charge in [0.25, 0.3) is 0 Å². The lowest BCUT2D eigenvalue weighted by atomic mass is 10.2. The second-order valence-electron chi connectivity index (χ2n) is 3.44. The van der Waals surface area contributed by atoms with E-state index in [9.17, 15) is 0 Å². The minimum Gasteiger partial charge on any atom is -0.496 e. The molecule has 0 aliphatic heterocycles. The molecule has 0 aliphatic rings. The number of halogens is 1. The molecule has 0 unspecified atom stereocenters. The summed E-state index contributed by atoms with van der Waals surface area (Å²) in [6.07, 6.45) is -0.707. The summed E-state index contributed by atoms with van der Waals surface area (Å²) in [6, 6.07) is 5.78. The molecular weight excluding hydrogens is 274 g/mol. The number of aliphatic hydroxyl groups excluding tert-OH is 2. The highest BCUT2D eigenvalue weighted by Gasteiger charge is 2.03. The second kappa shape index (κ2) is 6.85. The van der Waals surface area contributed by atoms with Crippen molar-refractivity contribution in [2.24, 2.45) is 0 Å². The molecule has 0 heterocycles. The first-order valence-corrected chi connectivity index (χ1v) is 5.78. The van der Waals surface area contributed by atoms with Crippen molar-refractivity contribution in [3.05, 3.63) is 28.2 Å². The van der Waals surface area contributed by atoms with Gasteiger partial charge < -0.3 is 20.3 Å². The van der Waals surface area contributed by atoms with Crippen LogP contribution in [0.15, 0.2) is 22.7 Å². The van der Waals surface area contributed by atoms with E-state index in [0.717, 1.165) is 15.8 Å². The largest absolute Gasteiger partial charge is 0.496 e. The maximum Gasteiger partial charge on any atom is 0.133 e. The third-order valence-electron chi connectivity index (χ3n) is 2.14. The highest BCUT2D eigenvalue weighted by atomic mass is 79.9. The highest BCUT2D eigenvalue weighted by molar-refractivity contribution is 9.10. The summed E-state index contributed by atoms with van der Waals surface area (Å²) in [4.78, 5) is 0. The minimum atomic E-state index is -0.707. The van der Waals surface area contributed by atoms with Crippen molar-refractivity contribution >= 4 is 15.9 Å². The quantitative estimate of drug-likeness (QED) is 0.728. The number of aliphatic hydroxyl groups is 2. The van der Waals surface area contributed by atoms with Crippen LogP contribution in [0.3, 0.4) is 0 Å². The van der Waals surface area contributed by atoms with Gasteiger partial charge in [-0.25, -0.2) is 0 Å². The van der Waals surface area contributed by atoms with Gasteiger partial charge in [0.2, 0.25) is 0 Å². The lowest BCUT2D eigenvalue weighted by Crippen LogP contribution is -2.28. The van der Waals surface area contributed by atoms with Crippen LogP contribution >= 0.6 is 15.9 Å². The highest BCUT2D eigenvalue weighted by Crippen LogP contribution is 2.25. The van der Waals surface area contributed by atoms with Gasteiger partial charge in [0.15, 0.2) is 0 Å².